The summed E-state index contributed by atoms with van der Waals surface area (Å²) in [5.74, 6) is 0.729. The lowest BCUT2D eigenvalue weighted by molar-refractivity contribution is 0.0881. The molecule has 1 saturated heterocycles. The van der Waals surface area contributed by atoms with Crippen molar-refractivity contribution in [3.05, 3.63) is 57.3 Å². The molecule has 0 N–H and O–H groups in total. The molecule has 142 valence electrons. The van der Waals surface area contributed by atoms with Gasteiger partial charge in [-0.15, -0.1) is 21.5 Å². The van der Waals surface area contributed by atoms with Crippen LogP contribution in [0.25, 0.3) is 11.5 Å². The number of hydrogen-bond acceptors (Lipinski definition) is 6. The summed E-state index contributed by atoms with van der Waals surface area (Å²) in [6, 6.07) is 10.2. The van der Waals surface area contributed by atoms with Crippen molar-refractivity contribution in [2.75, 3.05) is 26.2 Å². The first-order chi connectivity index (χ1) is 13.1. The minimum atomic E-state index is -0.283. The molecule has 8 heteroatoms. The van der Waals surface area contributed by atoms with Crippen molar-refractivity contribution in [3.63, 3.8) is 0 Å². The molecule has 0 spiro atoms. The maximum Gasteiger partial charge on any atom is 0.247 e. The van der Waals surface area contributed by atoms with E-state index in [0.717, 1.165) is 42.6 Å². The van der Waals surface area contributed by atoms with Gasteiger partial charge in [0.05, 0.1) is 10.4 Å². The van der Waals surface area contributed by atoms with E-state index in [2.05, 4.69) is 33.0 Å². The van der Waals surface area contributed by atoms with E-state index in [-0.39, 0.29) is 11.9 Å². The van der Waals surface area contributed by atoms with Gasteiger partial charge < -0.3 is 4.42 Å². The number of piperazine rings is 1. The minimum absolute atomic E-state index is 0.0463. The van der Waals surface area contributed by atoms with E-state index in [4.69, 9.17) is 16.0 Å². The molecule has 1 atom stereocenters. The first-order valence-corrected chi connectivity index (χ1v) is 10.1. The second-order valence-corrected chi connectivity index (χ2v) is 8.45. The van der Waals surface area contributed by atoms with Gasteiger partial charge in [0, 0.05) is 43.2 Å². The Morgan fingerprint density at radius 3 is 2.52 bits per heavy atom. The third kappa shape index (κ3) is 4.38. The van der Waals surface area contributed by atoms with Crippen LogP contribution in [0.4, 0.5) is 4.39 Å². The van der Waals surface area contributed by atoms with Gasteiger partial charge in [0.1, 0.15) is 5.82 Å². The predicted octanol–water partition coefficient (Wildman–Crippen LogP) is 4.47. The van der Waals surface area contributed by atoms with E-state index in [9.17, 15) is 4.39 Å². The second kappa shape index (κ2) is 8.06. The molecule has 1 aliphatic rings. The summed E-state index contributed by atoms with van der Waals surface area (Å²) >= 11 is 7.65. The van der Waals surface area contributed by atoms with Crippen molar-refractivity contribution in [2.24, 2.45) is 0 Å². The molecule has 27 heavy (non-hydrogen) atoms. The van der Waals surface area contributed by atoms with Crippen molar-refractivity contribution < 1.29 is 8.81 Å². The third-order valence-electron chi connectivity index (χ3n) is 4.85. The first kappa shape index (κ1) is 18.6. The highest BCUT2D eigenvalue weighted by Gasteiger charge is 2.26. The molecular formula is C19H20ClFN4OS. The van der Waals surface area contributed by atoms with E-state index in [1.807, 2.05) is 6.07 Å². The largest absolute Gasteiger partial charge is 0.419 e. The van der Waals surface area contributed by atoms with Gasteiger partial charge >= 0.3 is 0 Å². The van der Waals surface area contributed by atoms with Gasteiger partial charge in [-0.2, -0.15) is 0 Å². The van der Waals surface area contributed by atoms with E-state index < -0.39 is 0 Å². The average molecular weight is 407 g/mol. The van der Waals surface area contributed by atoms with Gasteiger partial charge in [-0.3, -0.25) is 9.80 Å². The summed E-state index contributed by atoms with van der Waals surface area (Å²) in [6.07, 6.45) is 0. The summed E-state index contributed by atoms with van der Waals surface area (Å²) in [4.78, 5) is 6.07. The number of nitrogens with zero attached hydrogens (tertiary/aromatic N) is 4. The van der Waals surface area contributed by atoms with Crippen LogP contribution in [0.1, 0.15) is 23.7 Å². The Kier molecular flexibility index (Phi) is 5.54. The third-order valence-corrected chi connectivity index (χ3v) is 6.07. The standard InChI is InChI=1S/C19H20ClFN4OS/c1-13(18-22-23-19(26-18)14-2-4-15(21)5-3-14)25-10-8-24(9-11-25)12-16-6-7-17(20)27-16/h2-7,13H,8-12H2,1H3/t13-/m0/s1. The fraction of sp³-hybridized carbons (Fsp3) is 0.368. The molecule has 1 aromatic carbocycles. The Labute approximate surface area is 166 Å². The van der Waals surface area contributed by atoms with E-state index in [0.29, 0.717) is 11.8 Å². The highest BCUT2D eigenvalue weighted by Crippen LogP contribution is 2.26. The number of hydrogen-bond donors (Lipinski definition) is 0. The predicted molar refractivity (Wildman–Crippen MR) is 104 cm³/mol. The Morgan fingerprint density at radius 2 is 1.85 bits per heavy atom. The fourth-order valence-electron chi connectivity index (χ4n) is 3.23. The molecule has 2 aromatic heterocycles. The molecule has 5 nitrogen and oxygen atoms in total. The molecule has 0 saturated carbocycles. The summed E-state index contributed by atoms with van der Waals surface area (Å²) in [7, 11) is 0. The number of halogens is 2. The summed E-state index contributed by atoms with van der Waals surface area (Å²) in [5, 5.41) is 8.32. The van der Waals surface area contributed by atoms with Crippen LogP contribution in [0.15, 0.2) is 40.8 Å². The number of aromatic nitrogens is 2. The van der Waals surface area contributed by atoms with Crippen molar-refractivity contribution >= 4 is 22.9 Å². The zero-order valence-electron chi connectivity index (χ0n) is 14.9. The summed E-state index contributed by atoms with van der Waals surface area (Å²) in [6.45, 7) is 6.87. The highest BCUT2D eigenvalue weighted by molar-refractivity contribution is 7.16. The smallest absolute Gasteiger partial charge is 0.247 e. The number of benzene rings is 1. The maximum atomic E-state index is 13.1. The zero-order chi connectivity index (χ0) is 18.8. The lowest BCUT2D eigenvalue weighted by Crippen LogP contribution is -2.46. The van der Waals surface area contributed by atoms with Crippen LogP contribution in [0.2, 0.25) is 4.34 Å². The lowest BCUT2D eigenvalue weighted by atomic mass is 10.2. The quantitative estimate of drug-likeness (QED) is 0.625. The van der Waals surface area contributed by atoms with Crippen molar-refractivity contribution in [1.82, 2.24) is 20.0 Å². The molecule has 1 aliphatic heterocycles. The molecule has 0 bridgehead atoms. The Bertz CT molecular complexity index is 889. The van der Waals surface area contributed by atoms with Crippen molar-refractivity contribution in [1.29, 1.82) is 0 Å². The molecule has 0 amide bonds. The average Bonchev–Trinajstić information content (AvgIpc) is 3.32. The fourth-order valence-corrected chi connectivity index (χ4v) is 4.36. The Balaban J connectivity index is 1.35. The van der Waals surface area contributed by atoms with Crippen LogP contribution in [-0.2, 0) is 6.54 Å². The second-order valence-electron chi connectivity index (χ2n) is 6.65. The molecular weight excluding hydrogens is 387 g/mol. The van der Waals surface area contributed by atoms with Crippen LogP contribution >= 0.6 is 22.9 Å². The zero-order valence-corrected chi connectivity index (χ0v) is 16.5. The molecule has 3 aromatic rings. The van der Waals surface area contributed by atoms with Gasteiger partial charge in [0.2, 0.25) is 11.8 Å². The minimum Gasteiger partial charge on any atom is -0.419 e. The SMILES string of the molecule is C[C@@H](c1nnc(-c2ccc(F)cc2)o1)N1CCN(Cc2ccc(Cl)s2)CC1. The van der Waals surface area contributed by atoms with Crippen LogP contribution in [0.5, 0.6) is 0 Å². The normalized spacial score (nSPS) is 17.3. The topological polar surface area (TPSA) is 45.4 Å². The molecule has 0 radical (unpaired) electrons. The van der Waals surface area contributed by atoms with E-state index >= 15 is 0 Å². The van der Waals surface area contributed by atoms with Crippen LogP contribution < -0.4 is 0 Å². The number of thiophene rings is 1. The van der Waals surface area contributed by atoms with Gasteiger partial charge in [-0.25, -0.2) is 4.39 Å². The molecule has 0 unspecified atom stereocenters. The Hall–Kier alpha value is -1.80. The van der Waals surface area contributed by atoms with Crippen LogP contribution in [0, 0.1) is 5.82 Å². The van der Waals surface area contributed by atoms with Crippen molar-refractivity contribution in [3.8, 4) is 11.5 Å². The molecule has 3 heterocycles. The van der Waals surface area contributed by atoms with Gasteiger partial charge in [0.15, 0.2) is 0 Å². The molecule has 1 fully saturated rings. The van der Waals surface area contributed by atoms with E-state index in [1.165, 1.54) is 17.0 Å². The van der Waals surface area contributed by atoms with Crippen molar-refractivity contribution in [2.45, 2.75) is 19.5 Å². The Morgan fingerprint density at radius 1 is 1.11 bits per heavy atom. The van der Waals surface area contributed by atoms with Gasteiger partial charge in [-0.1, -0.05) is 11.6 Å². The number of rotatable bonds is 5. The summed E-state index contributed by atoms with van der Waals surface area (Å²) in [5.41, 5.74) is 0.724. The van der Waals surface area contributed by atoms with Crippen LogP contribution in [-0.4, -0.2) is 46.2 Å². The van der Waals surface area contributed by atoms with E-state index in [1.54, 1.807) is 23.5 Å². The van der Waals surface area contributed by atoms with Gasteiger partial charge in [-0.05, 0) is 43.3 Å². The monoisotopic (exact) mass is 406 g/mol. The summed E-state index contributed by atoms with van der Waals surface area (Å²) < 4.78 is 19.7. The highest BCUT2D eigenvalue weighted by atomic mass is 35.5. The lowest BCUT2D eigenvalue weighted by Gasteiger charge is -2.36. The van der Waals surface area contributed by atoms with Crippen LogP contribution in [0.3, 0.4) is 0 Å². The maximum absolute atomic E-state index is 13.1. The molecule has 4 rings (SSSR count). The molecule has 0 aliphatic carbocycles. The first-order valence-electron chi connectivity index (χ1n) is 8.88. The van der Waals surface area contributed by atoms with Gasteiger partial charge in [0.25, 0.3) is 0 Å².